The number of carbonyl (C=O) groups is 1. The van der Waals surface area contributed by atoms with Crippen LogP contribution in [-0.2, 0) is 4.74 Å². The predicted octanol–water partition coefficient (Wildman–Crippen LogP) is 3.05. The van der Waals surface area contributed by atoms with Crippen LogP contribution in [0.5, 0.6) is 0 Å². The fourth-order valence-electron chi connectivity index (χ4n) is 2.17. The number of benzene rings is 1. The van der Waals surface area contributed by atoms with E-state index >= 15 is 0 Å². The first-order valence-corrected chi connectivity index (χ1v) is 7.08. The molecule has 1 aliphatic rings. The molecule has 1 N–H and O–H groups in total. The summed E-state index contributed by atoms with van der Waals surface area (Å²) >= 11 is 3.44. The molecule has 0 unspecified atom stereocenters. The minimum Gasteiger partial charge on any atom is -0.378 e. The number of halogens is 1. The molecule has 1 aromatic rings. The van der Waals surface area contributed by atoms with E-state index in [0.29, 0.717) is 6.10 Å². The molecular formula is C14H18BrNO2. The minimum atomic E-state index is 0.00810. The maximum Gasteiger partial charge on any atom is 0.251 e. The van der Waals surface area contributed by atoms with Crippen LogP contribution < -0.4 is 5.32 Å². The van der Waals surface area contributed by atoms with Gasteiger partial charge in [-0.25, -0.2) is 0 Å². The highest BCUT2D eigenvalue weighted by Gasteiger charge is 2.31. The first kappa shape index (κ1) is 13.6. The molecule has 2 rings (SSSR count). The Morgan fingerprint density at radius 2 is 2.22 bits per heavy atom. The summed E-state index contributed by atoms with van der Waals surface area (Å²) in [7, 11) is 0. The van der Waals surface area contributed by atoms with Crippen molar-refractivity contribution in [3.05, 3.63) is 33.8 Å². The van der Waals surface area contributed by atoms with E-state index in [2.05, 4.69) is 21.2 Å². The van der Waals surface area contributed by atoms with Gasteiger partial charge in [0.2, 0.25) is 0 Å². The summed E-state index contributed by atoms with van der Waals surface area (Å²) in [6, 6.07) is 5.94. The average Bonchev–Trinajstić information content (AvgIpc) is 2.30. The third-order valence-electron chi connectivity index (χ3n) is 3.34. The van der Waals surface area contributed by atoms with E-state index in [-0.39, 0.29) is 11.9 Å². The SMILES string of the molecule is CCOC1CC(NC(=O)c2cccc(Br)c2C)C1. The van der Waals surface area contributed by atoms with Gasteiger partial charge in [0.1, 0.15) is 0 Å². The summed E-state index contributed by atoms with van der Waals surface area (Å²) in [5, 5.41) is 3.05. The molecule has 0 radical (unpaired) electrons. The van der Waals surface area contributed by atoms with Crippen LogP contribution in [0.2, 0.25) is 0 Å². The maximum absolute atomic E-state index is 12.1. The molecule has 1 aromatic carbocycles. The van der Waals surface area contributed by atoms with E-state index in [1.54, 1.807) is 0 Å². The molecule has 0 aliphatic heterocycles. The molecule has 0 bridgehead atoms. The molecule has 0 spiro atoms. The molecule has 0 saturated heterocycles. The van der Waals surface area contributed by atoms with E-state index in [0.717, 1.165) is 35.0 Å². The van der Waals surface area contributed by atoms with Gasteiger partial charge in [-0.05, 0) is 44.4 Å². The Hall–Kier alpha value is -0.870. The zero-order valence-electron chi connectivity index (χ0n) is 10.7. The van der Waals surface area contributed by atoms with Crippen LogP contribution in [-0.4, -0.2) is 24.7 Å². The average molecular weight is 312 g/mol. The zero-order chi connectivity index (χ0) is 13.1. The topological polar surface area (TPSA) is 38.3 Å². The lowest BCUT2D eigenvalue weighted by atomic mass is 9.89. The summed E-state index contributed by atoms with van der Waals surface area (Å²) in [5.74, 6) is 0.00810. The van der Waals surface area contributed by atoms with Crippen molar-refractivity contribution in [2.24, 2.45) is 0 Å². The van der Waals surface area contributed by atoms with E-state index in [4.69, 9.17) is 4.74 Å². The molecule has 0 heterocycles. The first-order chi connectivity index (χ1) is 8.61. The lowest BCUT2D eigenvalue weighted by Gasteiger charge is -2.35. The predicted molar refractivity (Wildman–Crippen MR) is 74.8 cm³/mol. The summed E-state index contributed by atoms with van der Waals surface area (Å²) in [6.07, 6.45) is 2.17. The number of rotatable bonds is 4. The lowest BCUT2D eigenvalue weighted by molar-refractivity contribution is -0.00863. The van der Waals surface area contributed by atoms with Gasteiger partial charge in [0.25, 0.3) is 5.91 Å². The molecule has 4 heteroatoms. The van der Waals surface area contributed by atoms with Gasteiger partial charge in [-0.1, -0.05) is 22.0 Å². The van der Waals surface area contributed by atoms with Gasteiger partial charge in [-0.15, -0.1) is 0 Å². The molecular weight excluding hydrogens is 294 g/mol. The Bertz CT molecular complexity index is 441. The molecule has 1 aliphatic carbocycles. The summed E-state index contributed by atoms with van der Waals surface area (Å²) in [5.41, 5.74) is 1.72. The quantitative estimate of drug-likeness (QED) is 0.928. The molecule has 1 amide bonds. The summed E-state index contributed by atoms with van der Waals surface area (Å²) in [4.78, 5) is 12.1. The van der Waals surface area contributed by atoms with Gasteiger partial charge in [-0.3, -0.25) is 4.79 Å². The molecule has 1 saturated carbocycles. The van der Waals surface area contributed by atoms with Gasteiger partial charge < -0.3 is 10.1 Å². The van der Waals surface area contributed by atoms with Gasteiger partial charge in [0.05, 0.1) is 6.10 Å². The van der Waals surface area contributed by atoms with Crippen LogP contribution in [0.3, 0.4) is 0 Å². The van der Waals surface area contributed by atoms with Crippen molar-refractivity contribution in [2.45, 2.75) is 38.8 Å². The molecule has 0 aromatic heterocycles. The third kappa shape index (κ3) is 2.93. The largest absolute Gasteiger partial charge is 0.378 e. The van der Waals surface area contributed by atoms with Gasteiger partial charge in [0, 0.05) is 22.7 Å². The van der Waals surface area contributed by atoms with Crippen molar-refractivity contribution in [2.75, 3.05) is 6.61 Å². The fourth-order valence-corrected chi connectivity index (χ4v) is 2.54. The molecule has 3 nitrogen and oxygen atoms in total. The highest BCUT2D eigenvalue weighted by atomic mass is 79.9. The number of ether oxygens (including phenoxy) is 1. The van der Waals surface area contributed by atoms with Crippen molar-refractivity contribution in [3.63, 3.8) is 0 Å². The van der Waals surface area contributed by atoms with E-state index in [9.17, 15) is 4.79 Å². The smallest absolute Gasteiger partial charge is 0.251 e. The minimum absolute atomic E-state index is 0.00810. The Morgan fingerprint density at radius 3 is 2.89 bits per heavy atom. The van der Waals surface area contributed by atoms with Gasteiger partial charge in [-0.2, -0.15) is 0 Å². The normalized spacial score (nSPS) is 22.4. The number of nitrogens with one attached hydrogen (secondary N) is 1. The Labute approximate surface area is 116 Å². The molecule has 98 valence electrons. The second-order valence-electron chi connectivity index (χ2n) is 4.63. The summed E-state index contributed by atoms with van der Waals surface area (Å²) < 4.78 is 6.45. The standard InChI is InChI=1S/C14H18BrNO2/c1-3-18-11-7-10(8-11)16-14(17)12-5-4-6-13(15)9(12)2/h4-6,10-11H,3,7-8H2,1-2H3,(H,16,17). The van der Waals surface area contributed by atoms with Gasteiger partial charge in [0.15, 0.2) is 0 Å². The Balaban J connectivity index is 1.91. The Kier molecular flexibility index (Phi) is 4.40. The van der Waals surface area contributed by atoms with E-state index in [1.165, 1.54) is 0 Å². The zero-order valence-corrected chi connectivity index (χ0v) is 12.3. The van der Waals surface area contributed by atoms with Crippen molar-refractivity contribution in [3.8, 4) is 0 Å². The van der Waals surface area contributed by atoms with E-state index < -0.39 is 0 Å². The summed E-state index contributed by atoms with van der Waals surface area (Å²) in [6.45, 7) is 4.69. The third-order valence-corrected chi connectivity index (χ3v) is 4.20. The van der Waals surface area contributed by atoms with Crippen molar-refractivity contribution in [1.29, 1.82) is 0 Å². The number of hydrogen-bond donors (Lipinski definition) is 1. The van der Waals surface area contributed by atoms with Crippen LogP contribution in [0.15, 0.2) is 22.7 Å². The second kappa shape index (κ2) is 5.85. The Morgan fingerprint density at radius 1 is 1.50 bits per heavy atom. The van der Waals surface area contributed by atoms with E-state index in [1.807, 2.05) is 32.0 Å². The van der Waals surface area contributed by atoms with Crippen molar-refractivity contribution >= 4 is 21.8 Å². The molecule has 1 fully saturated rings. The molecule has 18 heavy (non-hydrogen) atoms. The number of carbonyl (C=O) groups excluding carboxylic acids is 1. The number of hydrogen-bond acceptors (Lipinski definition) is 2. The van der Waals surface area contributed by atoms with Crippen LogP contribution in [0.25, 0.3) is 0 Å². The number of amides is 1. The second-order valence-corrected chi connectivity index (χ2v) is 5.49. The lowest BCUT2D eigenvalue weighted by Crippen LogP contribution is -2.47. The molecule has 0 atom stereocenters. The van der Waals surface area contributed by atoms with Crippen molar-refractivity contribution in [1.82, 2.24) is 5.32 Å². The highest BCUT2D eigenvalue weighted by Crippen LogP contribution is 2.24. The van der Waals surface area contributed by atoms with Crippen molar-refractivity contribution < 1.29 is 9.53 Å². The fraction of sp³-hybridized carbons (Fsp3) is 0.500. The maximum atomic E-state index is 12.1. The van der Waals surface area contributed by atoms with Crippen LogP contribution in [0.1, 0.15) is 35.7 Å². The van der Waals surface area contributed by atoms with Crippen LogP contribution in [0.4, 0.5) is 0 Å². The van der Waals surface area contributed by atoms with Gasteiger partial charge >= 0.3 is 0 Å². The van der Waals surface area contributed by atoms with Crippen LogP contribution >= 0.6 is 15.9 Å². The highest BCUT2D eigenvalue weighted by molar-refractivity contribution is 9.10. The van der Waals surface area contributed by atoms with Crippen LogP contribution in [0, 0.1) is 6.92 Å². The first-order valence-electron chi connectivity index (χ1n) is 6.29. The monoisotopic (exact) mass is 311 g/mol.